The van der Waals surface area contributed by atoms with E-state index in [1.807, 2.05) is 23.3 Å². The molecule has 9 heteroatoms. The molecule has 0 saturated carbocycles. The summed E-state index contributed by atoms with van der Waals surface area (Å²) in [7, 11) is 4.64. The van der Waals surface area contributed by atoms with E-state index in [4.69, 9.17) is 18.9 Å². The zero-order valence-corrected chi connectivity index (χ0v) is 18.1. The number of benzene rings is 2. The summed E-state index contributed by atoms with van der Waals surface area (Å²) in [6.07, 6.45) is 0. The summed E-state index contributed by atoms with van der Waals surface area (Å²) >= 11 is -0.0727. The van der Waals surface area contributed by atoms with Gasteiger partial charge in [-0.15, -0.1) is 0 Å². The van der Waals surface area contributed by atoms with Crippen LogP contribution in [-0.4, -0.2) is 52.3 Å². The van der Waals surface area contributed by atoms with E-state index in [1.165, 1.54) is 6.07 Å². The third kappa shape index (κ3) is 4.06. The number of hydrogen-bond donors (Lipinski definition) is 0. The molecule has 1 aromatic heterocycles. The van der Waals surface area contributed by atoms with Crippen LogP contribution in [0.5, 0.6) is 23.0 Å². The van der Waals surface area contributed by atoms with E-state index >= 15 is 0 Å². The van der Waals surface area contributed by atoms with Gasteiger partial charge in [0.1, 0.15) is 0 Å². The molecule has 0 aliphatic rings. The maximum absolute atomic E-state index is 11.5. The van der Waals surface area contributed by atoms with Crippen LogP contribution >= 0.6 is 0 Å². The predicted molar refractivity (Wildman–Crippen MR) is 110 cm³/mol. The molecule has 2 aromatic carbocycles. The molecule has 0 aliphatic heterocycles. The molecule has 0 atom stereocenters. The Bertz CT molecular complexity index is 1010. The third-order valence-electron chi connectivity index (χ3n) is 4.22. The van der Waals surface area contributed by atoms with Crippen LogP contribution in [0.2, 0.25) is 0 Å². The Hall–Kier alpha value is -3.03. The molecule has 0 saturated heterocycles. The Morgan fingerprint density at radius 2 is 1.69 bits per heavy atom. The summed E-state index contributed by atoms with van der Waals surface area (Å²) in [5, 5.41) is 13.3. The second kappa shape index (κ2) is 8.98. The third-order valence-corrected chi connectivity index (χ3v) is 6.06. The van der Waals surface area contributed by atoms with Gasteiger partial charge in [-0.3, -0.25) is 0 Å². The van der Waals surface area contributed by atoms with E-state index in [0.717, 1.165) is 21.3 Å². The fourth-order valence-corrected chi connectivity index (χ4v) is 4.65. The fourth-order valence-electron chi connectivity index (χ4n) is 2.95. The van der Waals surface area contributed by atoms with E-state index in [2.05, 4.69) is 4.98 Å². The zero-order valence-electron chi connectivity index (χ0n) is 16.4. The van der Waals surface area contributed by atoms with Crippen molar-refractivity contribution >= 4 is 20.2 Å². The molecule has 3 aromatic rings. The fraction of sp³-hybridized carbons (Fsp3) is 0.250. The number of nitrogens with zero attached hydrogens (tertiary/aromatic N) is 2. The van der Waals surface area contributed by atoms with Gasteiger partial charge in [0.2, 0.25) is 0 Å². The van der Waals surface area contributed by atoms with Crippen LogP contribution in [0, 0.1) is 10.1 Å². The first-order valence-corrected chi connectivity index (χ1v) is 10.5. The minimum atomic E-state index is -0.434. The van der Waals surface area contributed by atoms with Crippen LogP contribution in [0.3, 0.4) is 0 Å². The monoisotopic (exact) mass is 464 g/mol. The Morgan fingerprint density at radius 3 is 2.24 bits per heavy atom. The molecule has 0 fully saturated rings. The quantitative estimate of drug-likeness (QED) is 0.285. The van der Waals surface area contributed by atoms with E-state index < -0.39 is 4.92 Å². The van der Waals surface area contributed by atoms with E-state index in [0.29, 0.717) is 23.9 Å². The number of rotatable bonds is 8. The van der Waals surface area contributed by atoms with Crippen molar-refractivity contribution in [1.82, 2.24) is 4.98 Å². The van der Waals surface area contributed by atoms with Gasteiger partial charge in [0.05, 0.1) is 0 Å². The second-order valence-electron chi connectivity index (χ2n) is 5.82. The van der Waals surface area contributed by atoms with Crippen LogP contribution in [-0.2, 0) is 0 Å². The molecule has 152 valence electrons. The molecule has 3 rings (SSSR count). The van der Waals surface area contributed by atoms with Crippen LogP contribution in [0.15, 0.2) is 35.4 Å². The molecule has 0 N–H and O–H groups in total. The molecule has 0 spiro atoms. The number of hydrogen-bond acceptors (Lipinski definition) is 7. The molecular weight excluding hydrogens is 443 g/mol. The van der Waals surface area contributed by atoms with E-state index in [-0.39, 0.29) is 25.9 Å². The number of aromatic nitrogens is 1. The normalized spacial score (nSPS) is 10.5. The Morgan fingerprint density at radius 1 is 1.00 bits per heavy atom. The molecule has 0 amide bonds. The molecule has 0 bridgehead atoms. The van der Waals surface area contributed by atoms with Crippen molar-refractivity contribution in [2.75, 3.05) is 27.9 Å². The Kier molecular flexibility index (Phi) is 6.41. The van der Waals surface area contributed by atoms with Gasteiger partial charge in [-0.2, -0.15) is 0 Å². The first-order chi connectivity index (χ1) is 14.0. The molecule has 0 aliphatic carbocycles. The number of ether oxygens (including phenoxy) is 4. The molecule has 0 unspecified atom stereocenters. The van der Waals surface area contributed by atoms with Gasteiger partial charge in [-0.05, 0) is 0 Å². The summed E-state index contributed by atoms with van der Waals surface area (Å²) in [5.41, 5.74) is 2.18. The van der Waals surface area contributed by atoms with Gasteiger partial charge in [-0.25, -0.2) is 0 Å². The molecule has 1 heterocycles. The molecule has 29 heavy (non-hydrogen) atoms. The first kappa shape index (κ1) is 20.7. The number of nitro benzene ring substituents is 1. The average Bonchev–Trinajstić information content (AvgIpc) is 3.22. The topological polar surface area (TPSA) is 93.0 Å². The summed E-state index contributed by atoms with van der Waals surface area (Å²) in [6, 6.07) is 8.62. The average molecular weight is 463 g/mol. The van der Waals surface area contributed by atoms with Crippen molar-refractivity contribution in [3.8, 4) is 44.3 Å². The SMILES string of the molecule is CCOc1ccc(-c2[se]cnc2-c2cc(OC)c(OC)c(OC)c2)cc1[N+](=O)[O-]. The molecule has 0 radical (unpaired) electrons. The summed E-state index contributed by atoms with van der Waals surface area (Å²) in [4.78, 5) is 15.6. The minimum absolute atomic E-state index is 0.0659. The van der Waals surface area contributed by atoms with Crippen LogP contribution in [0.4, 0.5) is 5.69 Å². The standard InChI is InChI=1S/C20H20N2O6Se/c1-5-28-15-7-6-12(8-14(15)22(23)24)20-18(21-11-29-20)13-9-16(25-2)19(27-4)17(10-13)26-3/h6-11H,5H2,1-4H3. The van der Waals surface area contributed by atoms with Gasteiger partial charge >= 0.3 is 174 Å². The first-order valence-electron chi connectivity index (χ1n) is 8.69. The van der Waals surface area contributed by atoms with Crippen LogP contribution in [0.25, 0.3) is 21.3 Å². The summed E-state index contributed by atoms with van der Waals surface area (Å²) < 4.78 is 22.6. The van der Waals surface area contributed by atoms with Gasteiger partial charge in [0.15, 0.2) is 0 Å². The van der Waals surface area contributed by atoms with Crippen molar-refractivity contribution in [3.63, 3.8) is 0 Å². The van der Waals surface area contributed by atoms with Gasteiger partial charge in [-0.1, -0.05) is 0 Å². The van der Waals surface area contributed by atoms with Gasteiger partial charge < -0.3 is 0 Å². The van der Waals surface area contributed by atoms with Crippen LogP contribution in [0.1, 0.15) is 6.92 Å². The number of methoxy groups -OCH3 is 3. The van der Waals surface area contributed by atoms with Crippen molar-refractivity contribution in [1.29, 1.82) is 0 Å². The molecular formula is C20H20N2O6Se. The molecule has 8 nitrogen and oxygen atoms in total. The van der Waals surface area contributed by atoms with Crippen molar-refractivity contribution in [3.05, 3.63) is 45.5 Å². The summed E-state index contributed by atoms with van der Waals surface area (Å²) in [5.74, 6) is 1.77. The van der Waals surface area contributed by atoms with Crippen molar-refractivity contribution in [2.24, 2.45) is 0 Å². The van der Waals surface area contributed by atoms with Crippen molar-refractivity contribution < 1.29 is 23.9 Å². The van der Waals surface area contributed by atoms with E-state index in [1.54, 1.807) is 34.3 Å². The van der Waals surface area contributed by atoms with E-state index in [9.17, 15) is 10.1 Å². The van der Waals surface area contributed by atoms with Gasteiger partial charge in [0, 0.05) is 0 Å². The maximum atomic E-state index is 11.5. The second-order valence-corrected chi connectivity index (χ2v) is 7.61. The van der Waals surface area contributed by atoms with Gasteiger partial charge in [0.25, 0.3) is 0 Å². The predicted octanol–water partition coefficient (Wildman–Crippen LogP) is 3.81. The summed E-state index contributed by atoms with van der Waals surface area (Å²) in [6.45, 7) is 2.14. The zero-order chi connectivity index (χ0) is 21.0. The van der Waals surface area contributed by atoms with Crippen LogP contribution < -0.4 is 18.9 Å². The Balaban J connectivity index is 2.13. The Labute approximate surface area is 173 Å². The number of nitro groups is 1. The van der Waals surface area contributed by atoms with Crippen molar-refractivity contribution in [2.45, 2.75) is 6.92 Å².